The largest absolute Gasteiger partial charge is 1.00 e. The first-order valence-electron chi connectivity index (χ1n) is 22.2. The number of benzene rings is 2. The van der Waals surface area contributed by atoms with Crippen molar-refractivity contribution < 1.29 is 43.3 Å². The molecule has 8 bridgehead atoms. The Morgan fingerprint density at radius 3 is 1.20 bits per heavy atom. The molecule has 0 saturated carbocycles. The molecule has 0 fully saturated rings. The van der Waals surface area contributed by atoms with Crippen LogP contribution in [0.25, 0.3) is 11.1 Å². The molecule has 5 heterocycles. The van der Waals surface area contributed by atoms with Crippen molar-refractivity contribution in [3.05, 3.63) is 143 Å². The van der Waals surface area contributed by atoms with Crippen molar-refractivity contribution in [2.45, 2.75) is 25.7 Å². The number of rotatable bonds is 20. The Labute approximate surface area is 394 Å². The first-order chi connectivity index (χ1) is 29.8. The van der Waals surface area contributed by atoms with Gasteiger partial charge in [-0.15, -0.1) is 0 Å². The molecule has 0 unspecified atom stereocenters. The Kier molecular flexibility index (Phi) is 17.8. The number of ether oxygens (including phenoxy) is 2. The maximum atomic E-state index is 6.22. The van der Waals surface area contributed by atoms with Gasteiger partial charge in [0.25, 0.3) is 0 Å². The molecule has 10 nitrogen and oxygen atoms in total. The third kappa shape index (κ3) is 14.0. The summed E-state index contributed by atoms with van der Waals surface area (Å²) in [6.07, 6.45) is 24.9. The molecular weight excluding hydrogens is 840 g/mol. The fourth-order valence-electron chi connectivity index (χ4n) is 8.20. The van der Waals surface area contributed by atoms with E-state index < -0.39 is 0 Å². The molecule has 2 aromatic rings. The van der Waals surface area contributed by atoms with Crippen LogP contribution in [0.5, 0.6) is 11.5 Å². The summed E-state index contributed by atoms with van der Waals surface area (Å²) in [5.74, 6) is 1.73. The molecule has 5 aliphatic rings. The van der Waals surface area contributed by atoms with E-state index in [4.69, 9.17) is 29.4 Å². The van der Waals surface area contributed by atoms with Gasteiger partial charge in [0, 0.05) is 49.9 Å². The van der Waals surface area contributed by atoms with Crippen LogP contribution in [0.2, 0.25) is 0 Å². The van der Waals surface area contributed by atoms with Gasteiger partial charge in [-0.3, -0.25) is 0 Å². The van der Waals surface area contributed by atoms with Crippen molar-refractivity contribution in [2.75, 3.05) is 109 Å². The van der Waals surface area contributed by atoms with Gasteiger partial charge in [-0.2, -0.15) is 0 Å². The highest BCUT2D eigenvalue weighted by Gasteiger charge is 2.23. The predicted octanol–water partition coefficient (Wildman–Crippen LogP) is 2.24. The first-order valence-corrected chi connectivity index (χ1v) is 22.2. The highest BCUT2D eigenvalue weighted by atomic mass is 35.5. The number of aliphatic imine (C=N–C) groups is 4. The number of fused-ring (bicyclic) bond motifs is 4. The average Bonchev–Trinajstić information content (AvgIpc) is 4.07. The van der Waals surface area contributed by atoms with Crippen LogP contribution in [0, 0.1) is 0 Å². The van der Waals surface area contributed by atoms with E-state index in [1.54, 1.807) is 0 Å². The van der Waals surface area contributed by atoms with Crippen LogP contribution in [0.15, 0.2) is 152 Å². The second-order valence-corrected chi connectivity index (χ2v) is 18.6. The van der Waals surface area contributed by atoms with E-state index in [2.05, 4.69) is 163 Å². The van der Waals surface area contributed by atoms with Crippen molar-refractivity contribution in [3.63, 3.8) is 0 Å². The van der Waals surface area contributed by atoms with E-state index in [1.807, 2.05) is 12.2 Å². The second-order valence-electron chi connectivity index (χ2n) is 18.6. The van der Waals surface area contributed by atoms with Gasteiger partial charge < -0.3 is 53.1 Å². The number of quaternary nitrogens is 2. The summed E-state index contributed by atoms with van der Waals surface area (Å²) in [5.41, 5.74) is 10.8. The summed E-state index contributed by atoms with van der Waals surface area (Å²) < 4.78 is 14.4. The lowest BCUT2D eigenvalue weighted by molar-refractivity contribution is -0.890. The molecule has 0 aromatic heterocycles. The summed E-state index contributed by atoms with van der Waals surface area (Å²) >= 11 is 0. The minimum Gasteiger partial charge on any atom is -1.00 e. The van der Waals surface area contributed by atoms with Crippen molar-refractivity contribution in [1.29, 1.82) is 0 Å². The van der Waals surface area contributed by atoms with Crippen molar-refractivity contribution >= 4 is 34.0 Å². The van der Waals surface area contributed by atoms with E-state index in [0.717, 1.165) is 140 Å². The van der Waals surface area contributed by atoms with E-state index in [1.165, 1.54) is 12.8 Å². The van der Waals surface area contributed by atoms with Gasteiger partial charge in [-0.1, -0.05) is 24.3 Å². The minimum absolute atomic E-state index is 0. The highest BCUT2D eigenvalue weighted by molar-refractivity contribution is 6.34. The molecule has 0 spiro atoms. The van der Waals surface area contributed by atoms with Crippen LogP contribution < -0.4 is 34.3 Å². The van der Waals surface area contributed by atoms with Crippen LogP contribution >= 0.6 is 0 Å². The molecule has 0 atom stereocenters. The zero-order valence-corrected chi connectivity index (χ0v) is 40.5. The van der Waals surface area contributed by atoms with Gasteiger partial charge in [0.1, 0.15) is 11.5 Å². The number of allylic oxidation sites excluding steroid dienone is 12. The summed E-state index contributed by atoms with van der Waals surface area (Å²) in [5, 5.41) is 0. The Bertz CT molecular complexity index is 2190. The molecule has 0 saturated heterocycles. The third-order valence-corrected chi connectivity index (χ3v) is 11.6. The predicted molar refractivity (Wildman–Crippen MR) is 259 cm³/mol. The Morgan fingerprint density at radius 1 is 0.453 bits per heavy atom. The molecule has 0 N–H and O–H groups in total. The number of hydrogen-bond acceptors (Lipinski definition) is 8. The molecule has 0 radical (unpaired) electrons. The number of hydrogen-bond donors (Lipinski definition) is 0. The van der Waals surface area contributed by atoms with Gasteiger partial charge in [-0.05, 0) is 124 Å². The van der Waals surface area contributed by atoms with Crippen LogP contribution in [-0.2, 0) is 0 Å². The summed E-state index contributed by atoms with van der Waals surface area (Å²) in [7, 11) is 17.8. The first kappa shape index (κ1) is 50.1. The van der Waals surface area contributed by atoms with Gasteiger partial charge in [0.05, 0.1) is 113 Å². The Morgan fingerprint density at radius 2 is 0.828 bits per heavy atom. The molecule has 0 amide bonds. The Hall–Kier alpha value is -4.94. The highest BCUT2D eigenvalue weighted by Crippen LogP contribution is 2.33. The van der Waals surface area contributed by atoms with Crippen molar-refractivity contribution in [2.24, 2.45) is 20.0 Å². The molecule has 340 valence electrons. The normalized spacial score (nSPS) is 16.5. The molecule has 2 aromatic carbocycles. The standard InChI is InChI=1S/C52H66N8O2.2ClH/c1-57(2)29-9-31-59(5,6)33-11-35-61-45-21-13-39(14-22-45)51-47-25-17-41(53-47)37-43-19-27-49(55-43)52(50-28-20-44(56-50)38-42-18-26-48(51)54-42)40-15-23-46(24-16-40)62-36-12-34-60(7,8)32-10-30-58(3)4;;/h13-28,37-38H,9-12,29-36H2,1-8H3;2*1H/q+2;;/p-2. The van der Waals surface area contributed by atoms with Gasteiger partial charge in [0.2, 0.25) is 0 Å². The number of nitrogens with zero attached hydrogens (tertiary/aromatic N) is 8. The fraction of sp³-hybridized carbons (Fsp3) is 0.385. The summed E-state index contributed by atoms with van der Waals surface area (Å²) in [6, 6.07) is 16.7. The smallest absolute Gasteiger partial charge is 0.119 e. The lowest BCUT2D eigenvalue weighted by atomic mass is 9.98. The molecule has 5 aliphatic heterocycles. The van der Waals surface area contributed by atoms with Gasteiger partial charge in [0.15, 0.2) is 0 Å². The molecule has 7 rings (SSSR count). The van der Waals surface area contributed by atoms with Crippen LogP contribution in [0.4, 0.5) is 0 Å². The van der Waals surface area contributed by atoms with Crippen LogP contribution in [0.3, 0.4) is 0 Å². The zero-order chi connectivity index (χ0) is 43.7. The average molecular weight is 906 g/mol. The van der Waals surface area contributed by atoms with Gasteiger partial charge in [-0.25, -0.2) is 20.0 Å². The fourth-order valence-corrected chi connectivity index (χ4v) is 8.20. The SMILES string of the molecule is CN(C)CCC[N+](C)(C)CCCOc1ccc(C2=C3C=CC(=N3)C=C3C=CC(=N3)C(c3ccc(OCCC[N+](C)(C)CCCN(C)C)cc3)=C3C=CC(=N3)C=C3C=CC2=N3)cc1.[Cl-].[Cl-]. The van der Waals surface area contributed by atoms with E-state index >= 15 is 0 Å². The number of halogens is 2. The second kappa shape index (κ2) is 22.8. The van der Waals surface area contributed by atoms with E-state index in [0.29, 0.717) is 13.2 Å². The maximum Gasteiger partial charge on any atom is 0.119 e. The maximum absolute atomic E-state index is 6.22. The molecule has 64 heavy (non-hydrogen) atoms. The summed E-state index contributed by atoms with van der Waals surface area (Å²) in [6.45, 7) is 8.08. The zero-order valence-electron chi connectivity index (χ0n) is 39.0. The van der Waals surface area contributed by atoms with Crippen molar-refractivity contribution in [3.8, 4) is 11.5 Å². The third-order valence-electron chi connectivity index (χ3n) is 11.6. The lowest BCUT2D eigenvalue weighted by Crippen LogP contribution is -3.00. The minimum atomic E-state index is 0. The summed E-state index contributed by atoms with van der Waals surface area (Å²) in [4.78, 5) is 24.9. The molecule has 0 aliphatic carbocycles. The van der Waals surface area contributed by atoms with Crippen molar-refractivity contribution in [1.82, 2.24) is 9.80 Å². The quantitative estimate of drug-likeness (QED) is 0.151. The topological polar surface area (TPSA) is 74.4 Å². The molecule has 12 heteroatoms. The molecular formula is C52H66Cl2N8O2. The van der Waals surface area contributed by atoms with E-state index in [9.17, 15) is 0 Å². The Balaban J connectivity index is 0.00000385. The van der Waals surface area contributed by atoms with Gasteiger partial charge >= 0.3 is 0 Å². The lowest BCUT2D eigenvalue weighted by Gasteiger charge is -2.30. The van der Waals surface area contributed by atoms with E-state index in [-0.39, 0.29) is 24.8 Å². The monoisotopic (exact) mass is 904 g/mol. The van der Waals surface area contributed by atoms with Crippen LogP contribution in [0.1, 0.15) is 36.8 Å². The van der Waals surface area contributed by atoms with Crippen LogP contribution in [-0.4, -0.2) is 150 Å².